The molecule has 1 aliphatic rings. The van der Waals surface area contributed by atoms with E-state index in [1.54, 1.807) is 35.6 Å². The van der Waals surface area contributed by atoms with Gasteiger partial charge in [-0.2, -0.15) is 5.26 Å². The van der Waals surface area contributed by atoms with Crippen molar-refractivity contribution in [3.8, 4) is 23.2 Å². The lowest BCUT2D eigenvalue weighted by Gasteiger charge is -2.12. The van der Waals surface area contributed by atoms with Crippen molar-refractivity contribution in [3.63, 3.8) is 0 Å². The molecule has 0 atom stereocenters. The lowest BCUT2D eigenvalue weighted by atomic mass is 9.95. The van der Waals surface area contributed by atoms with Crippen molar-refractivity contribution in [2.75, 3.05) is 11.9 Å². The van der Waals surface area contributed by atoms with Crippen molar-refractivity contribution in [1.82, 2.24) is 9.97 Å². The number of amides is 1. The van der Waals surface area contributed by atoms with E-state index in [-0.39, 0.29) is 12.5 Å². The Morgan fingerprint density at radius 1 is 1.16 bits per heavy atom. The van der Waals surface area contributed by atoms with Crippen LogP contribution in [0.3, 0.4) is 0 Å². The van der Waals surface area contributed by atoms with Crippen LogP contribution in [0.2, 0.25) is 0 Å². The van der Waals surface area contributed by atoms with Crippen LogP contribution in [0, 0.1) is 11.3 Å². The number of benzene rings is 2. The van der Waals surface area contributed by atoms with Crippen molar-refractivity contribution in [3.05, 3.63) is 64.5 Å². The summed E-state index contributed by atoms with van der Waals surface area (Å²) < 4.78 is 5.60. The summed E-state index contributed by atoms with van der Waals surface area (Å²) in [4.78, 5) is 22.2. The molecule has 0 fully saturated rings. The Balaban J connectivity index is 1.43. The number of aromatic nitrogens is 2. The van der Waals surface area contributed by atoms with Gasteiger partial charge in [-0.15, -0.1) is 11.3 Å². The third-order valence-electron chi connectivity index (χ3n) is 5.42. The van der Waals surface area contributed by atoms with E-state index in [2.05, 4.69) is 16.4 Å². The van der Waals surface area contributed by atoms with Gasteiger partial charge < -0.3 is 15.0 Å². The number of para-hydroxylation sites is 3. The minimum Gasteiger partial charge on any atom is -0.482 e. The molecule has 2 N–H and O–H groups in total. The van der Waals surface area contributed by atoms with Gasteiger partial charge in [0.05, 0.1) is 22.2 Å². The van der Waals surface area contributed by atoms with E-state index in [9.17, 15) is 10.1 Å². The quantitative estimate of drug-likeness (QED) is 0.465. The van der Waals surface area contributed by atoms with Gasteiger partial charge in [-0.3, -0.25) is 4.79 Å². The number of carbonyl (C=O) groups is 1. The maximum absolute atomic E-state index is 12.7. The Bertz CT molecular complexity index is 1280. The first-order valence-corrected chi connectivity index (χ1v) is 11.1. The molecule has 7 heteroatoms. The van der Waals surface area contributed by atoms with E-state index in [1.165, 1.54) is 10.4 Å². The number of ether oxygens (including phenoxy) is 1. The van der Waals surface area contributed by atoms with Gasteiger partial charge in [0.1, 0.15) is 22.6 Å². The van der Waals surface area contributed by atoms with Gasteiger partial charge in [0.2, 0.25) is 0 Å². The number of hydrogen-bond donors (Lipinski definition) is 2. The van der Waals surface area contributed by atoms with Gasteiger partial charge >= 0.3 is 0 Å². The molecule has 0 spiro atoms. The fourth-order valence-corrected chi connectivity index (χ4v) is 5.27. The Morgan fingerprint density at radius 2 is 1.97 bits per heavy atom. The fraction of sp³-hybridized carbons (Fsp3) is 0.208. The molecule has 0 saturated carbocycles. The van der Waals surface area contributed by atoms with Gasteiger partial charge in [0, 0.05) is 4.88 Å². The Morgan fingerprint density at radius 3 is 2.84 bits per heavy atom. The Hall–Kier alpha value is -3.63. The number of fused-ring (bicyclic) bond motifs is 2. The summed E-state index contributed by atoms with van der Waals surface area (Å²) in [6.45, 7) is -0.166. The smallest absolute Gasteiger partial charge is 0.262 e. The molecular formula is C24H20N4O2S. The van der Waals surface area contributed by atoms with E-state index in [4.69, 9.17) is 9.72 Å². The summed E-state index contributed by atoms with van der Waals surface area (Å²) in [7, 11) is 0. The predicted octanol–water partition coefficient (Wildman–Crippen LogP) is 5.06. The number of nitrogens with one attached hydrogen (secondary N) is 2. The number of anilines is 1. The first-order chi connectivity index (χ1) is 15.2. The van der Waals surface area contributed by atoms with Crippen LogP contribution in [0.1, 0.15) is 28.8 Å². The highest BCUT2D eigenvalue weighted by atomic mass is 32.1. The normalized spacial score (nSPS) is 12.9. The second-order valence-electron chi connectivity index (χ2n) is 7.46. The SMILES string of the molecule is N#Cc1ccccc1OCC(=O)Nc1sc2c(c1-c1nc3ccccc3[nH]1)CCCC2. The average Bonchev–Trinajstić information content (AvgIpc) is 3.38. The summed E-state index contributed by atoms with van der Waals surface area (Å²) in [6.07, 6.45) is 4.31. The van der Waals surface area contributed by atoms with E-state index in [1.807, 2.05) is 24.3 Å². The van der Waals surface area contributed by atoms with Crippen LogP contribution in [-0.4, -0.2) is 22.5 Å². The average molecular weight is 429 g/mol. The Labute approximate surface area is 183 Å². The van der Waals surface area contributed by atoms with Gasteiger partial charge in [-0.05, 0) is 55.5 Å². The number of aryl methyl sites for hydroxylation is 1. The summed E-state index contributed by atoms with van der Waals surface area (Å²) in [5, 5.41) is 13.0. The highest BCUT2D eigenvalue weighted by molar-refractivity contribution is 7.17. The lowest BCUT2D eigenvalue weighted by Crippen LogP contribution is -2.20. The van der Waals surface area contributed by atoms with Gasteiger partial charge in [-0.1, -0.05) is 24.3 Å². The maximum Gasteiger partial charge on any atom is 0.262 e. The van der Waals surface area contributed by atoms with Crippen molar-refractivity contribution < 1.29 is 9.53 Å². The molecule has 154 valence electrons. The van der Waals surface area contributed by atoms with Crippen molar-refractivity contribution in [1.29, 1.82) is 5.26 Å². The molecule has 2 aromatic heterocycles. The molecule has 1 amide bonds. The molecule has 0 bridgehead atoms. The topological polar surface area (TPSA) is 90.8 Å². The molecule has 4 aromatic rings. The van der Waals surface area contributed by atoms with Gasteiger partial charge in [0.25, 0.3) is 5.91 Å². The zero-order valence-electron chi connectivity index (χ0n) is 16.8. The van der Waals surface area contributed by atoms with Crippen LogP contribution in [0.25, 0.3) is 22.4 Å². The molecule has 0 unspecified atom stereocenters. The fourth-order valence-electron chi connectivity index (χ4n) is 3.97. The third kappa shape index (κ3) is 3.78. The molecule has 0 aliphatic heterocycles. The number of nitriles is 1. The van der Waals surface area contributed by atoms with E-state index in [0.29, 0.717) is 11.3 Å². The van der Waals surface area contributed by atoms with Crippen LogP contribution in [-0.2, 0) is 17.6 Å². The zero-order valence-corrected chi connectivity index (χ0v) is 17.6. The number of hydrogen-bond acceptors (Lipinski definition) is 5. The summed E-state index contributed by atoms with van der Waals surface area (Å²) in [5.74, 6) is 0.929. The summed E-state index contributed by atoms with van der Waals surface area (Å²) in [5.41, 5.74) is 4.55. The van der Waals surface area contributed by atoms with Crippen LogP contribution in [0.5, 0.6) is 5.75 Å². The van der Waals surface area contributed by atoms with Gasteiger partial charge in [-0.25, -0.2) is 4.98 Å². The number of aromatic amines is 1. The first kappa shape index (κ1) is 19.3. The van der Waals surface area contributed by atoms with Crippen LogP contribution in [0.15, 0.2) is 48.5 Å². The number of carbonyl (C=O) groups excluding carboxylic acids is 1. The predicted molar refractivity (Wildman–Crippen MR) is 121 cm³/mol. The minimum absolute atomic E-state index is 0.166. The van der Waals surface area contributed by atoms with E-state index in [0.717, 1.165) is 53.1 Å². The largest absolute Gasteiger partial charge is 0.482 e. The monoisotopic (exact) mass is 428 g/mol. The second kappa shape index (κ2) is 8.25. The molecule has 1 aliphatic carbocycles. The van der Waals surface area contributed by atoms with Gasteiger partial charge in [0.15, 0.2) is 6.61 Å². The van der Waals surface area contributed by atoms with E-state index < -0.39 is 0 Å². The standard InChI is InChI=1S/C24H20N4O2S/c25-13-15-7-1-5-11-19(15)30-14-21(29)28-24-22(16-8-2-6-12-20(16)31-24)23-26-17-9-3-4-10-18(17)27-23/h1,3-5,7,9-11H,2,6,8,12,14H2,(H,26,27)(H,28,29). The van der Waals surface area contributed by atoms with Crippen LogP contribution in [0.4, 0.5) is 5.00 Å². The highest BCUT2D eigenvalue weighted by Crippen LogP contribution is 2.43. The molecule has 0 saturated heterocycles. The second-order valence-corrected chi connectivity index (χ2v) is 8.57. The molecule has 2 heterocycles. The maximum atomic E-state index is 12.7. The molecule has 5 rings (SSSR count). The number of nitrogens with zero attached hydrogens (tertiary/aromatic N) is 2. The molecule has 2 aromatic carbocycles. The number of rotatable bonds is 5. The molecule has 6 nitrogen and oxygen atoms in total. The van der Waals surface area contributed by atoms with Crippen molar-refractivity contribution in [2.45, 2.75) is 25.7 Å². The van der Waals surface area contributed by atoms with Crippen LogP contribution >= 0.6 is 11.3 Å². The Kier molecular flexibility index (Phi) is 5.14. The molecule has 0 radical (unpaired) electrons. The third-order valence-corrected chi connectivity index (χ3v) is 6.62. The van der Waals surface area contributed by atoms with E-state index >= 15 is 0 Å². The summed E-state index contributed by atoms with van der Waals surface area (Å²) >= 11 is 1.62. The lowest BCUT2D eigenvalue weighted by molar-refractivity contribution is -0.118. The van der Waals surface area contributed by atoms with Crippen molar-refractivity contribution >= 4 is 33.3 Å². The van der Waals surface area contributed by atoms with Crippen molar-refractivity contribution in [2.24, 2.45) is 0 Å². The number of H-pyrrole nitrogens is 1. The van der Waals surface area contributed by atoms with Crippen LogP contribution < -0.4 is 10.1 Å². The highest BCUT2D eigenvalue weighted by Gasteiger charge is 2.25. The summed E-state index contributed by atoms with van der Waals surface area (Å²) in [6, 6.07) is 16.9. The molecule has 31 heavy (non-hydrogen) atoms. The zero-order chi connectivity index (χ0) is 21.2. The first-order valence-electron chi connectivity index (χ1n) is 10.2. The number of thiophene rings is 1. The minimum atomic E-state index is -0.260. The number of imidazole rings is 1. The molecular weight excluding hydrogens is 408 g/mol.